The Labute approximate surface area is 348 Å². The van der Waals surface area contributed by atoms with E-state index in [1.54, 1.807) is 0 Å². The van der Waals surface area contributed by atoms with E-state index in [9.17, 15) is 9.59 Å². The van der Waals surface area contributed by atoms with Crippen molar-refractivity contribution in [3.05, 3.63) is 0 Å². The van der Waals surface area contributed by atoms with E-state index in [-0.39, 0.29) is 104 Å². The molecule has 0 aliphatic heterocycles. The van der Waals surface area contributed by atoms with E-state index in [1.165, 1.54) is 23.5 Å². The average molecular weight is 861 g/mol. The van der Waals surface area contributed by atoms with Gasteiger partial charge in [-0.3, -0.25) is 9.59 Å². The Morgan fingerprint density at radius 3 is 1.11 bits per heavy atom. The van der Waals surface area contributed by atoms with E-state index in [4.69, 9.17) is 28.0 Å². The zero-order chi connectivity index (χ0) is 42.6. The molecule has 0 aliphatic carbocycles. The van der Waals surface area contributed by atoms with E-state index in [2.05, 4.69) is 116 Å². The number of hydrogen-bond donors (Lipinski definition) is 0. The van der Waals surface area contributed by atoms with Crippen LogP contribution in [0.3, 0.4) is 0 Å². The molecule has 0 heterocycles. The lowest BCUT2D eigenvalue weighted by Crippen LogP contribution is -2.46. The number of ether oxygens (including phenoxy) is 4. The second-order valence-electron chi connectivity index (χ2n) is 16.9. The van der Waals surface area contributed by atoms with Gasteiger partial charge in [0.15, 0.2) is 54.3 Å². The van der Waals surface area contributed by atoms with Gasteiger partial charge in [0.25, 0.3) is 0 Å². The third-order valence-corrected chi connectivity index (χ3v) is 16.4. The second kappa shape index (κ2) is 28.9. The van der Waals surface area contributed by atoms with Crippen molar-refractivity contribution in [1.29, 1.82) is 0 Å². The first kappa shape index (κ1) is 55.5. The van der Waals surface area contributed by atoms with Crippen LogP contribution in [0, 0.1) is 11.3 Å². The molecule has 328 valence electrons. The Hall–Kier alpha value is 0.500. The summed E-state index contributed by atoms with van der Waals surface area (Å²) in [7, 11) is -2.36. The van der Waals surface area contributed by atoms with Gasteiger partial charge in [-0.1, -0.05) is 58.1 Å². The van der Waals surface area contributed by atoms with Crippen LogP contribution in [0.2, 0.25) is 0 Å². The van der Waals surface area contributed by atoms with Crippen LogP contribution in [0.4, 0.5) is 0 Å². The van der Waals surface area contributed by atoms with Crippen molar-refractivity contribution in [2.24, 2.45) is 11.3 Å². The van der Waals surface area contributed by atoms with Crippen molar-refractivity contribution in [1.82, 2.24) is 18.7 Å². The van der Waals surface area contributed by atoms with Crippen molar-refractivity contribution in [3.8, 4) is 0 Å². The molecule has 0 fully saturated rings. The summed E-state index contributed by atoms with van der Waals surface area (Å²) >= 11 is 2.34. The normalized spacial score (nSPS) is 15.5. The lowest BCUT2D eigenvalue weighted by molar-refractivity contribution is -0.117. The summed E-state index contributed by atoms with van der Waals surface area (Å²) in [5.74, 6) is 0.480. The molecule has 16 heteroatoms. The maximum absolute atomic E-state index is 12.2. The molecule has 0 rings (SSSR count). The molecule has 0 amide bonds. The quantitative estimate of drug-likeness (QED) is 0.0389. The molecule has 4 atom stereocenters. The molecule has 0 N–H and O–H groups in total. The Morgan fingerprint density at radius 1 is 0.491 bits per heavy atom. The van der Waals surface area contributed by atoms with Gasteiger partial charge in [-0.15, -0.1) is 0 Å². The van der Waals surface area contributed by atoms with Gasteiger partial charge < -0.3 is 28.0 Å². The molecule has 0 aliphatic rings. The molecule has 0 bridgehead atoms. The summed E-state index contributed by atoms with van der Waals surface area (Å²) in [5.41, 5.74) is -0.409. The second-order valence-corrected chi connectivity index (χ2v) is 22.1. The fourth-order valence-corrected chi connectivity index (χ4v) is 11.9. The summed E-state index contributed by atoms with van der Waals surface area (Å²) in [6, 6.07) is 1.96. The Kier molecular flexibility index (Phi) is 29.1. The third-order valence-electron chi connectivity index (χ3n) is 8.35. The zero-order valence-electron chi connectivity index (χ0n) is 38.1. The molecule has 12 nitrogen and oxygen atoms in total. The van der Waals surface area contributed by atoms with Gasteiger partial charge >= 0.3 is 0 Å². The molecule has 4 unspecified atom stereocenters. The van der Waals surface area contributed by atoms with E-state index < -0.39 is 22.3 Å². The van der Waals surface area contributed by atoms with Crippen molar-refractivity contribution in [2.75, 3.05) is 39.0 Å². The molecule has 55 heavy (non-hydrogen) atoms. The Balaban J connectivity index is 5.90. The smallest absolute Gasteiger partial charge is 0.196 e. The van der Waals surface area contributed by atoms with Gasteiger partial charge in [-0.25, -0.2) is 18.7 Å². The Bertz CT molecular complexity index is 1020. The van der Waals surface area contributed by atoms with Gasteiger partial charge in [0, 0.05) is 59.7 Å². The fraction of sp³-hybridized carbons (Fsp3) is 0.949. The first-order valence-corrected chi connectivity index (χ1v) is 24.4. The number of thioether (sulfide) groups is 2. The van der Waals surface area contributed by atoms with Crippen LogP contribution < -0.4 is 0 Å². The van der Waals surface area contributed by atoms with Crippen LogP contribution in [0.1, 0.15) is 144 Å². The number of rotatable bonds is 30. The highest BCUT2D eigenvalue weighted by atomic mass is 32.2. The minimum absolute atomic E-state index is 0.0290. The topological polar surface area (TPSA) is 102 Å². The lowest BCUT2D eigenvalue weighted by atomic mass is 10.00. The maximum atomic E-state index is 12.2. The molecular formula is C39H82N4O8P2S2. The number of hydrogen-bond acceptors (Lipinski definition) is 14. The average Bonchev–Trinajstić information content (AvgIpc) is 3.04. The standard InChI is InChI=1S/C39H82N4O8P2S2/c1-28(2)37(44)54-26-48-22-46-24-50-52(40(29(3)4)30(5)6)42(33(11)12)35(15)20-21-36(16)43(34(13)14)53(41(31(7)8)32(9)10)51-25-47-23-49-27-55-38(45)39(17,18)19/h28-36H,20-27H2,1-19H3. The summed E-state index contributed by atoms with van der Waals surface area (Å²) in [5, 5.41) is 0.197. The maximum Gasteiger partial charge on any atom is 0.196 e. The van der Waals surface area contributed by atoms with Crippen LogP contribution in [0.15, 0.2) is 0 Å². The fourth-order valence-electron chi connectivity index (χ4n) is 5.99. The highest BCUT2D eigenvalue weighted by Crippen LogP contribution is 2.53. The molecule has 0 aromatic rings. The molecule has 0 spiro atoms. The predicted molar refractivity (Wildman–Crippen MR) is 235 cm³/mol. The summed E-state index contributed by atoms with van der Waals surface area (Å²) < 4.78 is 46.0. The molecule has 0 radical (unpaired) electrons. The zero-order valence-corrected chi connectivity index (χ0v) is 41.5. The van der Waals surface area contributed by atoms with Gasteiger partial charge in [0.05, 0.1) is 0 Å². The predicted octanol–water partition coefficient (Wildman–Crippen LogP) is 10.7. The monoisotopic (exact) mass is 861 g/mol. The Morgan fingerprint density at radius 2 is 0.818 bits per heavy atom. The SMILES string of the molecule is CC(C)C(=O)SCOCOCOP(N(C(C)C)C(C)C)N(C(C)C)C(C)CCC(C)N(C(C)C)P(OCOCOCSC(=O)C(C)(C)C)N(C(C)C)C(C)C. The lowest BCUT2D eigenvalue weighted by Gasteiger charge is -2.47. The molecule has 0 aromatic carbocycles. The van der Waals surface area contributed by atoms with Crippen LogP contribution in [-0.2, 0) is 37.6 Å². The van der Waals surface area contributed by atoms with Crippen molar-refractivity contribution >= 4 is 50.7 Å². The summed E-state index contributed by atoms with van der Waals surface area (Å²) in [6.07, 6.45) is 1.92. The van der Waals surface area contributed by atoms with Gasteiger partial charge in [-0.2, -0.15) is 0 Å². The van der Waals surface area contributed by atoms with E-state index >= 15 is 0 Å². The summed E-state index contributed by atoms with van der Waals surface area (Å²) in [4.78, 5) is 24.1. The van der Waals surface area contributed by atoms with Crippen LogP contribution in [0.25, 0.3) is 0 Å². The molecule has 0 saturated heterocycles. The minimum atomic E-state index is -1.18. The van der Waals surface area contributed by atoms with Crippen LogP contribution in [0.5, 0.6) is 0 Å². The van der Waals surface area contributed by atoms with Crippen LogP contribution >= 0.6 is 40.4 Å². The van der Waals surface area contributed by atoms with Crippen molar-refractivity contribution in [2.45, 2.75) is 193 Å². The van der Waals surface area contributed by atoms with E-state index in [0.717, 1.165) is 12.8 Å². The number of nitrogens with zero attached hydrogens (tertiary/aromatic N) is 4. The van der Waals surface area contributed by atoms with Crippen molar-refractivity contribution in [3.63, 3.8) is 0 Å². The molecular weight excluding hydrogens is 779 g/mol. The van der Waals surface area contributed by atoms with E-state index in [1.807, 2.05) is 34.6 Å². The molecule has 0 saturated carbocycles. The van der Waals surface area contributed by atoms with Crippen LogP contribution in [-0.4, -0.2) is 116 Å². The number of carbonyl (C=O) groups excluding carboxylic acids is 2. The highest BCUT2D eigenvalue weighted by molar-refractivity contribution is 8.13. The van der Waals surface area contributed by atoms with Gasteiger partial charge in [-0.05, 0) is 110 Å². The van der Waals surface area contributed by atoms with Gasteiger partial charge in [0.2, 0.25) is 0 Å². The highest BCUT2D eigenvalue weighted by Gasteiger charge is 2.38. The molecule has 0 aromatic heterocycles. The van der Waals surface area contributed by atoms with Crippen molar-refractivity contribution < 1.29 is 37.6 Å². The largest absolute Gasteiger partial charge is 0.344 e. The minimum Gasteiger partial charge on any atom is -0.344 e. The van der Waals surface area contributed by atoms with Gasteiger partial charge in [0.1, 0.15) is 11.9 Å². The first-order valence-electron chi connectivity index (χ1n) is 20.1. The third kappa shape index (κ3) is 21.5. The first-order chi connectivity index (χ1) is 25.5. The van der Waals surface area contributed by atoms with E-state index in [0.29, 0.717) is 0 Å². The summed E-state index contributed by atoms with van der Waals surface area (Å²) in [6.45, 7) is 41.2. The number of carbonyl (C=O) groups is 2.